The lowest BCUT2D eigenvalue weighted by Gasteiger charge is -2.19. The highest BCUT2D eigenvalue weighted by Gasteiger charge is 2.47. The normalized spacial score (nSPS) is 29.7. The highest BCUT2D eigenvalue weighted by atomic mass is 35.5. The molecule has 2 aliphatic carbocycles. The molecular formula is C16H21ClO2. The van der Waals surface area contributed by atoms with E-state index in [0.717, 1.165) is 29.8 Å². The van der Waals surface area contributed by atoms with E-state index in [1.807, 2.05) is 12.1 Å². The Bertz CT molecular complexity index is 450. The molecule has 2 nitrogen and oxygen atoms in total. The van der Waals surface area contributed by atoms with E-state index in [2.05, 4.69) is 6.07 Å². The third-order valence-corrected chi connectivity index (χ3v) is 5.18. The number of alkyl halides is 1. The summed E-state index contributed by atoms with van der Waals surface area (Å²) in [7, 11) is 3.33. The van der Waals surface area contributed by atoms with Crippen molar-refractivity contribution in [1.82, 2.24) is 0 Å². The molecule has 0 aromatic heterocycles. The van der Waals surface area contributed by atoms with Crippen LogP contribution in [-0.2, 0) is 6.42 Å². The number of fused-ring (bicyclic) bond motifs is 1. The van der Waals surface area contributed by atoms with Gasteiger partial charge in [0, 0.05) is 5.38 Å². The Morgan fingerprint density at radius 3 is 2.42 bits per heavy atom. The molecule has 0 aliphatic heterocycles. The maximum atomic E-state index is 6.60. The zero-order chi connectivity index (χ0) is 13.4. The molecule has 2 fully saturated rings. The lowest BCUT2D eigenvalue weighted by Crippen LogP contribution is -2.16. The Kier molecular flexibility index (Phi) is 3.62. The quantitative estimate of drug-likeness (QED) is 0.762. The van der Waals surface area contributed by atoms with Crippen molar-refractivity contribution in [3.63, 3.8) is 0 Å². The molecule has 0 N–H and O–H groups in total. The number of halogens is 1. The smallest absolute Gasteiger partial charge is 0.160 e. The lowest BCUT2D eigenvalue weighted by molar-refractivity contribution is 0.354. The van der Waals surface area contributed by atoms with Crippen LogP contribution in [0, 0.1) is 17.8 Å². The van der Waals surface area contributed by atoms with Crippen molar-refractivity contribution in [3.8, 4) is 11.5 Å². The molecule has 3 rings (SSSR count). The standard InChI is InChI=1S/C16H21ClO2/c1-18-15-4-3-10(6-16(15)19-2)5-14(17)13-8-11-7-12(11)9-13/h3-4,6,11-14H,5,7-9H2,1-2H3. The van der Waals surface area contributed by atoms with Crippen LogP contribution < -0.4 is 9.47 Å². The van der Waals surface area contributed by atoms with E-state index in [0.29, 0.717) is 5.92 Å². The molecule has 0 saturated heterocycles. The molecule has 1 aromatic carbocycles. The number of hydrogen-bond acceptors (Lipinski definition) is 2. The van der Waals surface area contributed by atoms with Crippen molar-refractivity contribution in [1.29, 1.82) is 0 Å². The summed E-state index contributed by atoms with van der Waals surface area (Å²) >= 11 is 6.60. The van der Waals surface area contributed by atoms with E-state index in [1.54, 1.807) is 14.2 Å². The van der Waals surface area contributed by atoms with Crippen LogP contribution in [0.3, 0.4) is 0 Å². The predicted molar refractivity (Wildman–Crippen MR) is 77.2 cm³/mol. The fraction of sp³-hybridized carbons (Fsp3) is 0.625. The van der Waals surface area contributed by atoms with Crippen molar-refractivity contribution in [2.24, 2.45) is 17.8 Å². The minimum Gasteiger partial charge on any atom is -0.493 e. The van der Waals surface area contributed by atoms with E-state index in [-0.39, 0.29) is 5.38 Å². The first-order valence-electron chi connectivity index (χ1n) is 7.06. The summed E-state index contributed by atoms with van der Waals surface area (Å²) in [4.78, 5) is 0. The van der Waals surface area contributed by atoms with Crippen LogP contribution in [0.5, 0.6) is 11.5 Å². The number of rotatable bonds is 5. The Morgan fingerprint density at radius 1 is 1.11 bits per heavy atom. The van der Waals surface area contributed by atoms with Crippen LogP contribution in [0.25, 0.3) is 0 Å². The van der Waals surface area contributed by atoms with Gasteiger partial charge in [-0.15, -0.1) is 11.6 Å². The third kappa shape index (κ3) is 2.69. The summed E-state index contributed by atoms with van der Waals surface area (Å²) < 4.78 is 10.6. The fourth-order valence-corrected chi connectivity index (χ4v) is 3.84. The van der Waals surface area contributed by atoms with E-state index in [9.17, 15) is 0 Å². The Labute approximate surface area is 120 Å². The van der Waals surface area contributed by atoms with Crippen molar-refractivity contribution in [2.45, 2.75) is 31.1 Å². The molecule has 2 saturated carbocycles. The maximum Gasteiger partial charge on any atom is 0.160 e. The van der Waals surface area contributed by atoms with Crippen LogP contribution >= 0.6 is 11.6 Å². The zero-order valence-electron chi connectivity index (χ0n) is 11.6. The monoisotopic (exact) mass is 280 g/mol. The van der Waals surface area contributed by atoms with Crippen LogP contribution in [0.1, 0.15) is 24.8 Å². The van der Waals surface area contributed by atoms with Gasteiger partial charge in [-0.3, -0.25) is 0 Å². The van der Waals surface area contributed by atoms with Crippen molar-refractivity contribution >= 4 is 11.6 Å². The van der Waals surface area contributed by atoms with Gasteiger partial charge in [0.15, 0.2) is 11.5 Å². The van der Waals surface area contributed by atoms with Crippen molar-refractivity contribution in [3.05, 3.63) is 23.8 Å². The second-order valence-electron chi connectivity index (χ2n) is 5.90. The highest BCUT2D eigenvalue weighted by molar-refractivity contribution is 6.21. The van der Waals surface area contributed by atoms with Gasteiger partial charge in [-0.2, -0.15) is 0 Å². The average Bonchev–Trinajstić information content (AvgIpc) is 3.04. The molecule has 0 heterocycles. The molecule has 3 heteroatoms. The van der Waals surface area contributed by atoms with E-state index < -0.39 is 0 Å². The van der Waals surface area contributed by atoms with Gasteiger partial charge in [0.2, 0.25) is 0 Å². The number of benzene rings is 1. The average molecular weight is 281 g/mol. The lowest BCUT2D eigenvalue weighted by atomic mass is 9.94. The van der Waals surface area contributed by atoms with Gasteiger partial charge in [0.05, 0.1) is 14.2 Å². The summed E-state index contributed by atoms with van der Waals surface area (Å²) in [6, 6.07) is 6.10. The summed E-state index contributed by atoms with van der Waals surface area (Å²) in [6.07, 6.45) is 5.06. The van der Waals surface area contributed by atoms with E-state index >= 15 is 0 Å². The van der Waals surface area contributed by atoms with Crippen LogP contribution in [-0.4, -0.2) is 19.6 Å². The minimum absolute atomic E-state index is 0.255. The third-order valence-electron chi connectivity index (χ3n) is 4.67. The molecule has 2 aliphatic rings. The molecule has 104 valence electrons. The van der Waals surface area contributed by atoms with Gasteiger partial charge in [-0.1, -0.05) is 6.07 Å². The second kappa shape index (κ2) is 5.24. The van der Waals surface area contributed by atoms with Crippen LogP contribution in [0.2, 0.25) is 0 Å². The molecular weight excluding hydrogens is 260 g/mol. The van der Waals surface area contributed by atoms with E-state index in [1.165, 1.54) is 24.8 Å². The largest absolute Gasteiger partial charge is 0.493 e. The maximum absolute atomic E-state index is 6.60. The minimum atomic E-state index is 0.255. The van der Waals surface area contributed by atoms with E-state index in [4.69, 9.17) is 21.1 Å². The first kappa shape index (κ1) is 13.1. The van der Waals surface area contributed by atoms with Gasteiger partial charge < -0.3 is 9.47 Å². The molecule has 0 spiro atoms. The van der Waals surface area contributed by atoms with Crippen LogP contribution in [0.15, 0.2) is 18.2 Å². The van der Waals surface area contributed by atoms with Gasteiger partial charge >= 0.3 is 0 Å². The number of methoxy groups -OCH3 is 2. The molecule has 1 aromatic rings. The van der Waals surface area contributed by atoms with Gasteiger partial charge in [0.1, 0.15) is 0 Å². The topological polar surface area (TPSA) is 18.5 Å². The van der Waals surface area contributed by atoms with Gasteiger partial charge in [-0.05, 0) is 61.1 Å². The van der Waals surface area contributed by atoms with Crippen LogP contribution in [0.4, 0.5) is 0 Å². The zero-order valence-corrected chi connectivity index (χ0v) is 12.3. The SMILES string of the molecule is COc1ccc(CC(Cl)C2CC3CC3C2)cc1OC. The van der Waals surface area contributed by atoms with Crippen molar-refractivity contribution < 1.29 is 9.47 Å². The predicted octanol–water partition coefficient (Wildman–Crippen LogP) is 3.90. The molecule has 0 radical (unpaired) electrons. The number of ether oxygens (including phenoxy) is 2. The molecule has 3 unspecified atom stereocenters. The summed E-state index contributed by atoms with van der Waals surface area (Å²) in [5.74, 6) is 4.27. The fourth-order valence-electron chi connectivity index (χ4n) is 3.46. The molecule has 19 heavy (non-hydrogen) atoms. The van der Waals surface area contributed by atoms with Gasteiger partial charge in [0.25, 0.3) is 0 Å². The molecule has 0 amide bonds. The first-order chi connectivity index (χ1) is 9.21. The second-order valence-corrected chi connectivity index (χ2v) is 6.46. The Morgan fingerprint density at radius 2 is 1.79 bits per heavy atom. The summed E-state index contributed by atoms with van der Waals surface area (Å²) in [5, 5.41) is 0.255. The number of hydrogen-bond donors (Lipinski definition) is 0. The summed E-state index contributed by atoms with van der Waals surface area (Å²) in [6.45, 7) is 0. The van der Waals surface area contributed by atoms with Crippen molar-refractivity contribution in [2.75, 3.05) is 14.2 Å². The summed E-state index contributed by atoms with van der Waals surface area (Å²) in [5.41, 5.74) is 1.23. The first-order valence-corrected chi connectivity index (χ1v) is 7.50. The Hall–Kier alpha value is -0.890. The highest BCUT2D eigenvalue weighted by Crippen LogP contribution is 2.56. The Balaban J connectivity index is 1.65. The van der Waals surface area contributed by atoms with Gasteiger partial charge in [-0.25, -0.2) is 0 Å². The molecule has 0 bridgehead atoms. The molecule has 3 atom stereocenters.